The summed E-state index contributed by atoms with van der Waals surface area (Å²) < 4.78 is 0. The van der Waals surface area contributed by atoms with Crippen LogP contribution in [-0.2, 0) is 5.41 Å². The first kappa shape index (κ1) is 19.1. The van der Waals surface area contributed by atoms with Crippen LogP contribution in [0, 0.1) is 6.92 Å². The molecular weight excluding hydrogens is 360 g/mol. The van der Waals surface area contributed by atoms with E-state index in [1.807, 2.05) is 31.5 Å². The van der Waals surface area contributed by atoms with Crippen LogP contribution >= 0.6 is 11.6 Å². The zero-order valence-corrected chi connectivity index (χ0v) is 16.5. The number of halogens is 1. The Hall–Kier alpha value is -2.72. The van der Waals surface area contributed by atoms with Gasteiger partial charge in [-0.3, -0.25) is 9.97 Å². The van der Waals surface area contributed by atoms with E-state index >= 15 is 0 Å². The zero-order chi connectivity index (χ0) is 19.8. The van der Waals surface area contributed by atoms with Gasteiger partial charge in [0.05, 0.1) is 5.56 Å². The predicted molar refractivity (Wildman–Crippen MR) is 108 cm³/mol. The topological polar surface area (TPSA) is 63.1 Å². The summed E-state index contributed by atoms with van der Waals surface area (Å²) in [7, 11) is 0. The van der Waals surface area contributed by atoms with E-state index < -0.39 is 5.97 Å². The van der Waals surface area contributed by atoms with Gasteiger partial charge in [-0.05, 0) is 42.8 Å². The third-order valence-electron chi connectivity index (χ3n) is 4.45. The van der Waals surface area contributed by atoms with Crippen LogP contribution in [0.2, 0.25) is 5.02 Å². The number of benzene rings is 1. The van der Waals surface area contributed by atoms with E-state index in [0.717, 1.165) is 33.6 Å². The molecular formula is C22H21ClN2O2. The van der Waals surface area contributed by atoms with E-state index in [0.29, 0.717) is 5.02 Å². The van der Waals surface area contributed by atoms with E-state index in [1.54, 1.807) is 12.1 Å². The Morgan fingerprint density at radius 3 is 2.37 bits per heavy atom. The minimum Gasteiger partial charge on any atom is -0.478 e. The second-order valence-corrected chi connectivity index (χ2v) is 7.94. The molecule has 3 rings (SSSR count). The van der Waals surface area contributed by atoms with Crippen LogP contribution in [0.3, 0.4) is 0 Å². The van der Waals surface area contributed by atoms with Gasteiger partial charge >= 0.3 is 5.97 Å². The first-order valence-electron chi connectivity index (χ1n) is 8.63. The van der Waals surface area contributed by atoms with Crippen LogP contribution in [0.5, 0.6) is 0 Å². The summed E-state index contributed by atoms with van der Waals surface area (Å²) in [5, 5.41) is 9.52. The predicted octanol–water partition coefficient (Wildman–Crippen LogP) is 5.77. The number of carboxylic acid groups (broad SMARTS) is 1. The molecule has 0 saturated carbocycles. The van der Waals surface area contributed by atoms with E-state index in [2.05, 4.69) is 36.8 Å². The molecule has 27 heavy (non-hydrogen) atoms. The monoisotopic (exact) mass is 380 g/mol. The second-order valence-electron chi connectivity index (χ2n) is 7.54. The lowest BCUT2D eigenvalue weighted by molar-refractivity contribution is 0.0697. The first-order chi connectivity index (χ1) is 12.7. The van der Waals surface area contributed by atoms with Gasteiger partial charge in [0, 0.05) is 50.9 Å². The molecule has 0 aliphatic rings. The number of carbonyl (C=O) groups is 1. The third-order valence-corrected chi connectivity index (χ3v) is 4.77. The Morgan fingerprint density at radius 1 is 1.00 bits per heavy atom. The molecule has 4 nitrogen and oxygen atoms in total. The van der Waals surface area contributed by atoms with Crippen molar-refractivity contribution in [3.63, 3.8) is 0 Å². The molecule has 0 unspecified atom stereocenters. The molecule has 3 aromatic rings. The standard InChI is InChI=1S/C22H21ClN2O2/c1-13-18(17-6-5-15(21(26)27)10-19(17)23)9-16(12-25-13)14-7-8-24-20(11-14)22(2,3)4/h5-12H,1-4H3,(H,26,27). The van der Waals surface area contributed by atoms with Gasteiger partial charge in [-0.15, -0.1) is 0 Å². The number of aryl methyl sites for hydroxylation is 1. The maximum absolute atomic E-state index is 11.1. The Balaban J connectivity index is 2.10. The number of hydrogen-bond acceptors (Lipinski definition) is 3. The van der Waals surface area contributed by atoms with Crippen LogP contribution in [0.4, 0.5) is 0 Å². The number of hydrogen-bond donors (Lipinski definition) is 1. The molecule has 0 atom stereocenters. The summed E-state index contributed by atoms with van der Waals surface area (Å²) in [6.45, 7) is 8.29. The number of carboxylic acids is 1. The minimum atomic E-state index is -1.00. The minimum absolute atomic E-state index is 0.0487. The molecule has 5 heteroatoms. The van der Waals surface area contributed by atoms with E-state index in [-0.39, 0.29) is 11.0 Å². The molecule has 0 amide bonds. The summed E-state index contributed by atoms with van der Waals surface area (Å²) in [5.41, 5.74) is 5.58. The van der Waals surface area contributed by atoms with Crippen LogP contribution in [0.15, 0.2) is 48.8 Å². The summed E-state index contributed by atoms with van der Waals surface area (Å²) in [4.78, 5) is 20.1. The highest BCUT2D eigenvalue weighted by Gasteiger charge is 2.17. The normalized spacial score (nSPS) is 11.4. The van der Waals surface area contributed by atoms with Crippen molar-refractivity contribution in [1.82, 2.24) is 9.97 Å². The second kappa shape index (κ2) is 7.12. The van der Waals surface area contributed by atoms with Crippen LogP contribution in [0.25, 0.3) is 22.3 Å². The molecule has 0 saturated heterocycles. The van der Waals surface area contributed by atoms with Crippen LogP contribution in [0.1, 0.15) is 42.5 Å². The fraction of sp³-hybridized carbons (Fsp3) is 0.227. The lowest BCUT2D eigenvalue weighted by Crippen LogP contribution is -2.13. The lowest BCUT2D eigenvalue weighted by Gasteiger charge is -2.18. The van der Waals surface area contributed by atoms with Crippen LogP contribution in [-0.4, -0.2) is 21.0 Å². The molecule has 0 aliphatic heterocycles. The Bertz CT molecular complexity index is 1020. The van der Waals surface area contributed by atoms with E-state index in [9.17, 15) is 4.79 Å². The maximum Gasteiger partial charge on any atom is 0.335 e. The molecule has 0 fully saturated rings. The molecule has 2 heterocycles. The summed E-state index contributed by atoms with van der Waals surface area (Å²) >= 11 is 6.36. The summed E-state index contributed by atoms with van der Waals surface area (Å²) in [6, 6.07) is 10.8. The molecule has 0 bridgehead atoms. The molecule has 1 N–H and O–H groups in total. The van der Waals surface area contributed by atoms with Crippen molar-refractivity contribution in [2.75, 3.05) is 0 Å². The quantitative estimate of drug-likeness (QED) is 0.626. The molecule has 0 radical (unpaired) electrons. The number of rotatable bonds is 3. The summed E-state index contributed by atoms with van der Waals surface area (Å²) in [6.07, 6.45) is 3.64. The highest BCUT2D eigenvalue weighted by atomic mass is 35.5. The number of pyridine rings is 2. The molecule has 1 aromatic carbocycles. The SMILES string of the molecule is Cc1ncc(-c2ccnc(C(C)(C)C)c2)cc1-c1ccc(C(=O)O)cc1Cl. The van der Waals surface area contributed by atoms with Crippen molar-refractivity contribution in [2.24, 2.45) is 0 Å². The average Bonchev–Trinajstić information content (AvgIpc) is 2.61. The van der Waals surface area contributed by atoms with Crippen molar-refractivity contribution >= 4 is 17.6 Å². The highest BCUT2D eigenvalue weighted by molar-refractivity contribution is 6.33. The van der Waals surface area contributed by atoms with Gasteiger partial charge in [0.15, 0.2) is 0 Å². The fourth-order valence-corrected chi connectivity index (χ4v) is 3.13. The van der Waals surface area contributed by atoms with Crippen molar-refractivity contribution in [1.29, 1.82) is 0 Å². The van der Waals surface area contributed by atoms with Gasteiger partial charge in [-0.2, -0.15) is 0 Å². The fourth-order valence-electron chi connectivity index (χ4n) is 2.85. The smallest absolute Gasteiger partial charge is 0.335 e. The van der Waals surface area contributed by atoms with Crippen molar-refractivity contribution in [3.05, 3.63) is 70.8 Å². The van der Waals surface area contributed by atoms with Gasteiger partial charge in [0.25, 0.3) is 0 Å². The third kappa shape index (κ3) is 4.01. The number of aromatic nitrogens is 2. The Kier molecular flexibility index (Phi) is 5.03. The Morgan fingerprint density at radius 2 is 1.74 bits per heavy atom. The zero-order valence-electron chi connectivity index (χ0n) is 15.7. The van der Waals surface area contributed by atoms with Gasteiger partial charge in [-0.1, -0.05) is 38.4 Å². The highest BCUT2D eigenvalue weighted by Crippen LogP contribution is 2.34. The number of aromatic carboxylic acids is 1. The van der Waals surface area contributed by atoms with E-state index in [1.165, 1.54) is 6.07 Å². The molecule has 2 aromatic heterocycles. The van der Waals surface area contributed by atoms with Gasteiger partial charge in [0.2, 0.25) is 0 Å². The van der Waals surface area contributed by atoms with Crippen LogP contribution < -0.4 is 0 Å². The average molecular weight is 381 g/mol. The number of nitrogens with zero attached hydrogens (tertiary/aromatic N) is 2. The van der Waals surface area contributed by atoms with Gasteiger partial charge in [-0.25, -0.2) is 4.79 Å². The van der Waals surface area contributed by atoms with Gasteiger partial charge < -0.3 is 5.11 Å². The Labute approximate surface area is 163 Å². The summed E-state index contributed by atoms with van der Waals surface area (Å²) in [5.74, 6) is -1.00. The molecule has 0 aliphatic carbocycles. The first-order valence-corrected chi connectivity index (χ1v) is 9.01. The largest absolute Gasteiger partial charge is 0.478 e. The van der Waals surface area contributed by atoms with Crippen molar-refractivity contribution in [2.45, 2.75) is 33.1 Å². The van der Waals surface area contributed by atoms with Gasteiger partial charge in [0.1, 0.15) is 0 Å². The van der Waals surface area contributed by atoms with E-state index in [4.69, 9.17) is 16.7 Å². The molecule has 0 spiro atoms. The maximum atomic E-state index is 11.1. The lowest BCUT2D eigenvalue weighted by atomic mass is 9.90. The van der Waals surface area contributed by atoms with Crippen molar-refractivity contribution < 1.29 is 9.90 Å². The molecule has 138 valence electrons. The van der Waals surface area contributed by atoms with Crippen molar-refractivity contribution in [3.8, 4) is 22.3 Å².